The fourth-order valence-corrected chi connectivity index (χ4v) is 3.24. The van der Waals surface area contributed by atoms with E-state index in [1.807, 2.05) is 0 Å². The van der Waals surface area contributed by atoms with Gasteiger partial charge in [-0.25, -0.2) is 0 Å². The molecular weight excluding hydrogens is 174 g/mol. The highest BCUT2D eigenvalue weighted by molar-refractivity contribution is 4.93. The van der Waals surface area contributed by atoms with Crippen molar-refractivity contribution in [2.24, 2.45) is 23.5 Å². The lowest BCUT2D eigenvalue weighted by atomic mass is 9.67. The van der Waals surface area contributed by atoms with Crippen LogP contribution in [0.25, 0.3) is 0 Å². The van der Waals surface area contributed by atoms with Gasteiger partial charge in [0.15, 0.2) is 0 Å². The first-order valence-electron chi connectivity index (χ1n) is 5.94. The molecule has 0 heterocycles. The molecule has 1 fully saturated rings. The van der Waals surface area contributed by atoms with Gasteiger partial charge in [0.05, 0.1) is 5.60 Å². The monoisotopic (exact) mass is 199 g/mol. The molecule has 14 heavy (non-hydrogen) atoms. The maximum absolute atomic E-state index is 10.6. The Morgan fingerprint density at radius 1 is 1.36 bits per heavy atom. The summed E-state index contributed by atoms with van der Waals surface area (Å²) < 4.78 is 0. The quantitative estimate of drug-likeness (QED) is 0.731. The molecule has 3 unspecified atom stereocenters. The maximum atomic E-state index is 10.6. The number of rotatable bonds is 3. The summed E-state index contributed by atoms with van der Waals surface area (Å²) >= 11 is 0. The maximum Gasteiger partial charge on any atom is 0.0692 e. The van der Waals surface area contributed by atoms with Crippen LogP contribution in [0.3, 0.4) is 0 Å². The average Bonchev–Trinajstić information content (AvgIpc) is 2.02. The molecule has 3 atom stereocenters. The number of hydrogen-bond donors (Lipinski definition) is 2. The zero-order chi connectivity index (χ0) is 10.8. The third-order valence-corrected chi connectivity index (χ3v) is 3.75. The molecule has 0 bridgehead atoms. The van der Waals surface area contributed by atoms with E-state index >= 15 is 0 Å². The van der Waals surface area contributed by atoms with Crippen LogP contribution in [-0.4, -0.2) is 17.3 Å². The second-order valence-corrected chi connectivity index (χ2v) is 5.30. The topological polar surface area (TPSA) is 46.2 Å². The van der Waals surface area contributed by atoms with Crippen LogP contribution in [0.2, 0.25) is 0 Å². The Balaban J connectivity index is 2.70. The zero-order valence-electron chi connectivity index (χ0n) is 9.79. The largest absolute Gasteiger partial charge is 0.390 e. The van der Waals surface area contributed by atoms with E-state index < -0.39 is 5.60 Å². The molecule has 0 aromatic rings. The molecule has 0 aliphatic heterocycles. The number of nitrogens with two attached hydrogens (primary N) is 1. The second kappa shape index (κ2) is 4.63. The van der Waals surface area contributed by atoms with E-state index in [0.717, 1.165) is 19.3 Å². The Bertz CT molecular complexity index is 167. The molecule has 1 rings (SSSR count). The van der Waals surface area contributed by atoms with Gasteiger partial charge in [-0.2, -0.15) is 0 Å². The highest BCUT2D eigenvalue weighted by atomic mass is 16.3. The van der Waals surface area contributed by atoms with E-state index in [4.69, 9.17) is 5.73 Å². The molecule has 1 aliphatic rings. The smallest absolute Gasteiger partial charge is 0.0692 e. The summed E-state index contributed by atoms with van der Waals surface area (Å²) in [6.07, 6.45) is 4.12. The predicted molar refractivity (Wildman–Crippen MR) is 60.0 cm³/mol. The van der Waals surface area contributed by atoms with Gasteiger partial charge < -0.3 is 10.8 Å². The Morgan fingerprint density at radius 3 is 2.21 bits per heavy atom. The minimum Gasteiger partial charge on any atom is -0.390 e. The normalized spacial score (nSPS) is 40.9. The van der Waals surface area contributed by atoms with Crippen molar-refractivity contribution in [3.8, 4) is 0 Å². The summed E-state index contributed by atoms with van der Waals surface area (Å²) in [6, 6.07) is 0. The number of aliphatic hydroxyl groups is 1. The van der Waals surface area contributed by atoms with Crippen LogP contribution >= 0.6 is 0 Å². The van der Waals surface area contributed by atoms with E-state index in [0.29, 0.717) is 18.4 Å². The first-order valence-corrected chi connectivity index (χ1v) is 5.94. The van der Waals surface area contributed by atoms with E-state index in [9.17, 15) is 5.11 Å². The van der Waals surface area contributed by atoms with Gasteiger partial charge >= 0.3 is 0 Å². The molecule has 0 radical (unpaired) electrons. The van der Waals surface area contributed by atoms with Crippen molar-refractivity contribution in [1.29, 1.82) is 0 Å². The Morgan fingerprint density at radius 2 is 1.86 bits per heavy atom. The molecule has 0 amide bonds. The van der Waals surface area contributed by atoms with Gasteiger partial charge in [0.25, 0.3) is 0 Å². The third-order valence-electron chi connectivity index (χ3n) is 3.75. The summed E-state index contributed by atoms with van der Waals surface area (Å²) in [5.74, 6) is 1.57. The molecule has 0 spiro atoms. The molecule has 0 aromatic heterocycles. The predicted octanol–water partition coefficient (Wildman–Crippen LogP) is 2.16. The highest BCUT2D eigenvalue weighted by Gasteiger charge is 2.40. The SMILES string of the molecule is CCC(CN)C1(O)CC(C)CC(C)C1. The van der Waals surface area contributed by atoms with E-state index in [1.54, 1.807) is 0 Å². The van der Waals surface area contributed by atoms with Gasteiger partial charge in [0.1, 0.15) is 0 Å². The van der Waals surface area contributed by atoms with Gasteiger partial charge in [0, 0.05) is 0 Å². The molecule has 2 nitrogen and oxygen atoms in total. The van der Waals surface area contributed by atoms with Crippen LogP contribution in [-0.2, 0) is 0 Å². The lowest BCUT2D eigenvalue weighted by molar-refractivity contribution is -0.0757. The molecule has 0 aromatic carbocycles. The first-order chi connectivity index (χ1) is 6.51. The molecule has 2 heteroatoms. The van der Waals surface area contributed by atoms with Gasteiger partial charge in [0.2, 0.25) is 0 Å². The first kappa shape index (κ1) is 12.0. The fraction of sp³-hybridized carbons (Fsp3) is 1.00. The minimum atomic E-state index is -0.486. The molecule has 84 valence electrons. The summed E-state index contributed by atoms with van der Waals surface area (Å²) in [4.78, 5) is 0. The lowest BCUT2D eigenvalue weighted by Gasteiger charge is -2.43. The van der Waals surface area contributed by atoms with Crippen LogP contribution in [0, 0.1) is 17.8 Å². The molecule has 3 N–H and O–H groups in total. The van der Waals surface area contributed by atoms with E-state index in [1.165, 1.54) is 6.42 Å². The van der Waals surface area contributed by atoms with E-state index in [-0.39, 0.29) is 5.92 Å². The van der Waals surface area contributed by atoms with Crippen LogP contribution in [0.5, 0.6) is 0 Å². The Hall–Kier alpha value is -0.0800. The minimum absolute atomic E-state index is 0.285. The van der Waals surface area contributed by atoms with Crippen molar-refractivity contribution in [2.75, 3.05) is 6.54 Å². The van der Waals surface area contributed by atoms with Crippen molar-refractivity contribution < 1.29 is 5.11 Å². The van der Waals surface area contributed by atoms with Crippen LogP contribution in [0.4, 0.5) is 0 Å². The van der Waals surface area contributed by atoms with Crippen LogP contribution in [0.15, 0.2) is 0 Å². The summed E-state index contributed by atoms with van der Waals surface area (Å²) in [7, 11) is 0. The van der Waals surface area contributed by atoms with Crippen LogP contribution < -0.4 is 5.73 Å². The van der Waals surface area contributed by atoms with Crippen molar-refractivity contribution in [3.63, 3.8) is 0 Å². The van der Waals surface area contributed by atoms with Gasteiger partial charge in [-0.1, -0.05) is 20.8 Å². The van der Waals surface area contributed by atoms with Gasteiger partial charge in [-0.15, -0.1) is 0 Å². The molecular formula is C12H25NO. The van der Waals surface area contributed by atoms with E-state index in [2.05, 4.69) is 20.8 Å². The summed E-state index contributed by atoms with van der Waals surface area (Å²) in [6.45, 7) is 7.22. The van der Waals surface area contributed by atoms with Crippen molar-refractivity contribution in [1.82, 2.24) is 0 Å². The fourth-order valence-electron chi connectivity index (χ4n) is 3.24. The van der Waals surface area contributed by atoms with Gasteiger partial charge in [-0.3, -0.25) is 0 Å². The summed E-state index contributed by atoms with van der Waals surface area (Å²) in [5, 5.41) is 10.6. The average molecular weight is 199 g/mol. The van der Waals surface area contributed by atoms with Crippen molar-refractivity contribution in [2.45, 2.75) is 52.1 Å². The Kier molecular flexibility index (Phi) is 3.96. The van der Waals surface area contributed by atoms with Crippen LogP contribution in [0.1, 0.15) is 46.5 Å². The van der Waals surface area contributed by atoms with Crippen molar-refractivity contribution in [3.05, 3.63) is 0 Å². The number of hydrogen-bond acceptors (Lipinski definition) is 2. The van der Waals surface area contributed by atoms with Gasteiger partial charge in [-0.05, 0) is 50.0 Å². The second-order valence-electron chi connectivity index (χ2n) is 5.30. The van der Waals surface area contributed by atoms with Crippen molar-refractivity contribution >= 4 is 0 Å². The summed E-state index contributed by atoms with van der Waals surface area (Å²) in [5.41, 5.74) is 5.24. The highest BCUT2D eigenvalue weighted by Crippen LogP contribution is 2.40. The lowest BCUT2D eigenvalue weighted by Crippen LogP contribution is -2.47. The third kappa shape index (κ3) is 2.48. The molecule has 1 saturated carbocycles. The standard InChI is InChI=1S/C12H25NO/c1-4-11(8-13)12(14)6-9(2)5-10(3)7-12/h9-11,14H,4-8,13H2,1-3H3. The zero-order valence-corrected chi connectivity index (χ0v) is 9.79. The molecule has 1 aliphatic carbocycles. The Labute approximate surface area is 87.9 Å². The molecule has 0 saturated heterocycles.